The molecule has 1 aromatic rings. The number of hydrogen-bond acceptors (Lipinski definition) is 2. The molecule has 0 aliphatic carbocycles. The van der Waals surface area contributed by atoms with E-state index in [1.165, 1.54) is 11.9 Å². The lowest BCUT2D eigenvalue weighted by atomic mass is 9.97. The van der Waals surface area contributed by atoms with Crippen molar-refractivity contribution in [3.63, 3.8) is 0 Å². The van der Waals surface area contributed by atoms with E-state index in [-0.39, 0.29) is 11.9 Å². The number of urea groups is 1. The van der Waals surface area contributed by atoms with Gasteiger partial charge >= 0.3 is 6.03 Å². The van der Waals surface area contributed by atoms with Gasteiger partial charge in [-0.05, 0) is 24.0 Å². The highest BCUT2D eigenvalue weighted by atomic mass is 16.2. The van der Waals surface area contributed by atoms with Crippen molar-refractivity contribution < 1.29 is 4.79 Å². The van der Waals surface area contributed by atoms with E-state index in [1.54, 1.807) is 0 Å². The third-order valence-corrected chi connectivity index (χ3v) is 2.77. The monoisotopic (exact) mass is 248 g/mol. The van der Waals surface area contributed by atoms with Gasteiger partial charge in [-0.3, -0.25) is 5.41 Å². The van der Waals surface area contributed by atoms with E-state index < -0.39 is 6.03 Å². The Hall–Kier alpha value is -2.04. The van der Waals surface area contributed by atoms with Crippen LogP contribution in [0, 0.1) is 12.3 Å². The molecule has 0 saturated carbocycles. The van der Waals surface area contributed by atoms with Crippen LogP contribution in [-0.2, 0) is 0 Å². The van der Waals surface area contributed by atoms with Gasteiger partial charge in [0.2, 0.25) is 5.96 Å². The maximum Gasteiger partial charge on any atom is 0.328 e. The first-order chi connectivity index (χ1) is 8.40. The van der Waals surface area contributed by atoms with Gasteiger partial charge in [-0.1, -0.05) is 32.0 Å². The number of hydrogen-bond donors (Lipinski definition) is 3. The summed E-state index contributed by atoms with van der Waals surface area (Å²) in [6, 6.07) is 5.39. The molecular weight excluding hydrogens is 228 g/mol. The summed E-state index contributed by atoms with van der Waals surface area (Å²) >= 11 is 0. The summed E-state index contributed by atoms with van der Waals surface area (Å²) < 4.78 is 0. The molecule has 0 atom stereocenters. The summed E-state index contributed by atoms with van der Waals surface area (Å²) in [5.41, 5.74) is 8.14. The second kappa shape index (κ2) is 5.53. The maximum atomic E-state index is 11.9. The van der Waals surface area contributed by atoms with E-state index in [9.17, 15) is 4.79 Å². The SMILES string of the molecule is CNC(=O)N(C(=N)N)c1c(C)cccc1C(C)C. The van der Waals surface area contributed by atoms with E-state index in [1.807, 2.05) is 39.0 Å². The smallest absolute Gasteiger partial charge is 0.328 e. The number of para-hydroxylation sites is 1. The van der Waals surface area contributed by atoms with Crippen molar-refractivity contribution >= 4 is 17.7 Å². The van der Waals surface area contributed by atoms with Gasteiger partial charge in [0.15, 0.2) is 0 Å². The lowest BCUT2D eigenvalue weighted by molar-refractivity contribution is 0.251. The van der Waals surface area contributed by atoms with Crippen LogP contribution < -0.4 is 16.0 Å². The molecular formula is C13H20N4O. The van der Waals surface area contributed by atoms with Crippen LogP contribution in [0.4, 0.5) is 10.5 Å². The highest BCUT2D eigenvalue weighted by Crippen LogP contribution is 2.30. The number of amides is 2. The lowest BCUT2D eigenvalue weighted by Gasteiger charge is -2.26. The van der Waals surface area contributed by atoms with Crippen LogP contribution in [0.1, 0.15) is 30.9 Å². The molecule has 98 valence electrons. The zero-order chi connectivity index (χ0) is 13.9. The highest BCUT2D eigenvalue weighted by molar-refractivity contribution is 6.14. The van der Waals surface area contributed by atoms with Gasteiger partial charge in [0.25, 0.3) is 0 Å². The van der Waals surface area contributed by atoms with Crippen LogP contribution in [0.15, 0.2) is 18.2 Å². The Kier molecular flexibility index (Phi) is 4.31. The molecule has 1 rings (SSSR count). The molecule has 0 bridgehead atoms. The zero-order valence-corrected chi connectivity index (χ0v) is 11.2. The molecule has 2 amide bonds. The minimum atomic E-state index is -0.404. The molecule has 4 N–H and O–H groups in total. The molecule has 0 spiro atoms. The Morgan fingerprint density at radius 2 is 2.06 bits per heavy atom. The topological polar surface area (TPSA) is 82.2 Å². The van der Waals surface area contributed by atoms with Gasteiger partial charge < -0.3 is 11.1 Å². The molecule has 18 heavy (non-hydrogen) atoms. The Labute approximate surface area is 107 Å². The molecule has 0 radical (unpaired) electrons. The van der Waals surface area contributed by atoms with Gasteiger partial charge in [-0.2, -0.15) is 0 Å². The number of carbonyl (C=O) groups is 1. The fraction of sp³-hybridized carbons (Fsp3) is 0.385. The van der Waals surface area contributed by atoms with E-state index in [0.717, 1.165) is 11.1 Å². The fourth-order valence-corrected chi connectivity index (χ4v) is 1.90. The molecule has 1 aromatic carbocycles. The third-order valence-electron chi connectivity index (χ3n) is 2.77. The number of nitrogens with one attached hydrogen (secondary N) is 2. The van der Waals surface area contributed by atoms with Gasteiger partial charge in [0.1, 0.15) is 0 Å². The first-order valence-electron chi connectivity index (χ1n) is 5.85. The molecule has 0 saturated heterocycles. The van der Waals surface area contributed by atoms with Crippen molar-refractivity contribution in [1.29, 1.82) is 5.41 Å². The largest absolute Gasteiger partial charge is 0.369 e. The van der Waals surface area contributed by atoms with Crippen LogP contribution in [0.2, 0.25) is 0 Å². The van der Waals surface area contributed by atoms with Crippen molar-refractivity contribution in [3.05, 3.63) is 29.3 Å². The molecule has 5 heteroatoms. The minimum absolute atomic E-state index is 0.242. The van der Waals surface area contributed by atoms with Gasteiger partial charge in [-0.25, -0.2) is 9.69 Å². The number of nitrogens with two attached hydrogens (primary N) is 1. The minimum Gasteiger partial charge on any atom is -0.369 e. The van der Waals surface area contributed by atoms with Crippen LogP contribution in [-0.4, -0.2) is 19.0 Å². The van der Waals surface area contributed by atoms with Crippen molar-refractivity contribution in [1.82, 2.24) is 5.32 Å². The van der Waals surface area contributed by atoms with E-state index in [0.29, 0.717) is 5.69 Å². The Balaban J connectivity index is 3.44. The summed E-state index contributed by atoms with van der Waals surface area (Å²) in [5.74, 6) is -0.0445. The molecule has 0 aliphatic rings. The number of carbonyl (C=O) groups excluding carboxylic acids is 1. The number of anilines is 1. The summed E-state index contributed by atoms with van der Waals surface area (Å²) in [4.78, 5) is 13.1. The molecule has 0 fully saturated rings. The summed E-state index contributed by atoms with van der Waals surface area (Å²) in [7, 11) is 1.52. The van der Waals surface area contributed by atoms with Gasteiger partial charge in [0.05, 0.1) is 5.69 Å². The second-order valence-corrected chi connectivity index (χ2v) is 4.44. The number of aryl methyl sites for hydroxylation is 1. The summed E-state index contributed by atoms with van der Waals surface area (Å²) in [5, 5.41) is 10.1. The first kappa shape index (κ1) is 14.0. The lowest BCUT2D eigenvalue weighted by Crippen LogP contribution is -2.46. The average molecular weight is 248 g/mol. The number of benzene rings is 1. The van der Waals surface area contributed by atoms with E-state index in [2.05, 4.69) is 5.32 Å². The van der Waals surface area contributed by atoms with Gasteiger partial charge in [0, 0.05) is 7.05 Å². The molecule has 0 aliphatic heterocycles. The van der Waals surface area contributed by atoms with Gasteiger partial charge in [-0.15, -0.1) is 0 Å². The maximum absolute atomic E-state index is 11.9. The first-order valence-corrected chi connectivity index (χ1v) is 5.85. The van der Waals surface area contributed by atoms with Crippen LogP contribution >= 0.6 is 0 Å². The molecule has 0 heterocycles. The average Bonchev–Trinajstić information content (AvgIpc) is 2.30. The van der Waals surface area contributed by atoms with Crippen LogP contribution in [0.3, 0.4) is 0 Å². The number of guanidine groups is 1. The zero-order valence-electron chi connectivity index (χ0n) is 11.2. The van der Waals surface area contributed by atoms with Crippen molar-refractivity contribution in [3.8, 4) is 0 Å². The molecule has 0 unspecified atom stereocenters. The molecule has 5 nitrogen and oxygen atoms in total. The standard InChI is InChI=1S/C13H20N4O/c1-8(2)10-7-5-6-9(3)11(10)17(12(14)15)13(18)16-4/h5-8H,1-4H3,(H3,14,15)(H,16,18). The number of nitrogens with zero attached hydrogens (tertiary/aromatic N) is 1. The summed E-state index contributed by atoms with van der Waals surface area (Å²) in [6.07, 6.45) is 0. The fourth-order valence-electron chi connectivity index (χ4n) is 1.90. The quantitative estimate of drug-likeness (QED) is 0.553. The number of rotatable bonds is 2. The van der Waals surface area contributed by atoms with Crippen molar-refractivity contribution in [2.24, 2.45) is 5.73 Å². The second-order valence-electron chi connectivity index (χ2n) is 4.44. The molecule has 0 aromatic heterocycles. The highest BCUT2D eigenvalue weighted by Gasteiger charge is 2.23. The Bertz CT molecular complexity index is 468. The van der Waals surface area contributed by atoms with E-state index in [4.69, 9.17) is 11.1 Å². The predicted molar refractivity (Wildman–Crippen MR) is 74.1 cm³/mol. The van der Waals surface area contributed by atoms with Crippen molar-refractivity contribution in [2.75, 3.05) is 11.9 Å². The Morgan fingerprint density at radius 3 is 2.50 bits per heavy atom. The van der Waals surface area contributed by atoms with Crippen molar-refractivity contribution in [2.45, 2.75) is 26.7 Å². The van der Waals surface area contributed by atoms with Crippen LogP contribution in [0.5, 0.6) is 0 Å². The van der Waals surface area contributed by atoms with E-state index >= 15 is 0 Å². The van der Waals surface area contributed by atoms with Crippen LogP contribution in [0.25, 0.3) is 0 Å². The third kappa shape index (κ3) is 2.61. The normalized spacial score (nSPS) is 10.3. The predicted octanol–water partition coefficient (Wildman–Crippen LogP) is 2.16. The summed E-state index contributed by atoms with van der Waals surface area (Å²) in [6.45, 7) is 5.99. The Morgan fingerprint density at radius 1 is 1.44 bits per heavy atom.